The first kappa shape index (κ1) is 16.3. The first-order chi connectivity index (χ1) is 9.56. The second-order valence-electron chi connectivity index (χ2n) is 4.64. The molecule has 112 valence electrons. The number of ether oxygens (including phenoxy) is 1. The molecule has 0 atom stereocenters. The summed E-state index contributed by atoms with van der Waals surface area (Å²) in [5.74, 6) is 0.510. The molecule has 0 bridgehead atoms. The van der Waals surface area contributed by atoms with E-state index in [1.165, 1.54) is 0 Å². The number of benzene rings is 1. The van der Waals surface area contributed by atoms with E-state index in [0.29, 0.717) is 30.1 Å². The van der Waals surface area contributed by atoms with E-state index < -0.39 is 0 Å². The van der Waals surface area contributed by atoms with Gasteiger partial charge in [-0.3, -0.25) is 4.79 Å². The molecule has 20 heavy (non-hydrogen) atoms. The Morgan fingerprint density at radius 2 is 2.20 bits per heavy atom. The molecular weight excluding hydrogens is 258 g/mol. The highest BCUT2D eigenvalue weighted by atomic mass is 16.5. The minimum absolute atomic E-state index is 0.0775. The Labute approximate surface area is 119 Å². The van der Waals surface area contributed by atoms with Crippen molar-refractivity contribution in [3.8, 4) is 5.75 Å². The van der Waals surface area contributed by atoms with Gasteiger partial charge in [-0.2, -0.15) is 0 Å². The van der Waals surface area contributed by atoms with Gasteiger partial charge >= 0.3 is 0 Å². The second kappa shape index (κ2) is 8.39. The summed E-state index contributed by atoms with van der Waals surface area (Å²) in [5, 5.41) is 11.6. The van der Waals surface area contributed by atoms with Crippen LogP contribution in [0.5, 0.6) is 5.75 Å². The third kappa shape index (κ3) is 5.46. The first-order valence-corrected chi connectivity index (χ1v) is 6.59. The summed E-state index contributed by atoms with van der Waals surface area (Å²) in [7, 11) is 3.46. The van der Waals surface area contributed by atoms with Gasteiger partial charge in [0.1, 0.15) is 5.75 Å². The van der Waals surface area contributed by atoms with E-state index in [1.807, 2.05) is 11.9 Å². The third-order valence-corrected chi connectivity index (χ3v) is 2.92. The maximum atomic E-state index is 11.9. The number of aliphatic hydroxyl groups is 1. The predicted molar refractivity (Wildman–Crippen MR) is 79.9 cm³/mol. The molecule has 1 rings (SSSR count). The van der Waals surface area contributed by atoms with Crippen LogP contribution in [0.1, 0.15) is 12.8 Å². The highest BCUT2D eigenvalue weighted by Crippen LogP contribution is 2.26. The lowest BCUT2D eigenvalue weighted by molar-refractivity contribution is -0.116. The van der Waals surface area contributed by atoms with Gasteiger partial charge < -0.3 is 25.8 Å². The lowest BCUT2D eigenvalue weighted by Gasteiger charge is -2.15. The van der Waals surface area contributed by atoms with Crippen molar-refractivity contribution in [3.05, 3.63) is 18.2 Å². The summed E-state index contributed by atoms with van der Waals surface area (Å²) in [4.78, 5) is 13.8. The summed E-state index contributed by atoms with van der Waals surface area (Å²) in [6.07, 6.45) is 1.14. The van der Waals surface area contributed by atoms with Crippen molar-refractivity contribution < 1.29 is 14.6 Å². The zero-order valence-corrected chi connectivity index (χ0v) is 12.1. The van der Waals surface area contributed by atoms with Crippen molar-refractivity contribution in [2.45, 2.75) is 12.8 Å². The number of carbonyl (C=O) groups excluding carboxylic acids is 1. The maximum absolute atomic E-state index is 11.9. The van der Waals surface area contributed by atoms with Crippen molar-refractivity contribution in [1.29, 1.82) is 0 Å². The largest absolute Gasteiger partial charge is 0.495 e. The topological polar surface area (TPSA) is 87.8 Å². The SMILES string of the molecule is COc1ccc(N)cc1NC(=O)CCCN(C)CCO. The zero-order chi connectivity index (χ0) is 15.0. The normalized spacial score (nSPS) is 10.6. The smallest absolute Gasteiger partial charge is 0.224 e. The lowest BCUT2D eigenvalue weighted by atomic mass is 10.2. The van der Waals surface area contributed by atoms with E-state index in [2.05, 4.69) is 5.32 Å². The molecule has 0 saturated heterocycles. The van der Waals surface area contributed by atoms with Crippen LogP contribution in [-0.4, -0.2) is 49.8 Å². The fraction of sp³-hybridized carbons (Fsp3) is 0.500. The van der Waals surface area contributed by atoms with E-state index in [1.54, 1.807) is 25.3 Å². The molecule has 1 amide bonds. The Balaban J connectivity index is 2.44. The van der Waals surface area contributed by atoms with Crippen molar-refractivity contribution in [2.24, 2.45) is 0 Å². The lowest BCUT2D eigenvalue weighted by Crippen LogP contribution is -2.24. The summed E-state index contributed by atoms with van der Waals surface area (Å²) in [6.45, 7) is 1.51. The Kier molecular flexibility index (Phi) is 6.83. The number of likely N-dealkylation sites (N-methyl/N-ethyl adjacent to an activating group) is 1. The highest BCUT2D eigenvalue weighted by Gasteiger charge is 2.08. The number of rotatable bonds is 8. The number of nitrogens with one attached hydrogen (secondary N) is 1. The molecular formula is C14H23N3O3. The summed E-state index contributed by atoms with van der Waals surface area (Å²) < 4.78 is 5.17. The standard InChI is InChI=1S/C14H23N3O3/c1-17(8-9-18)7-3-4-14(19)16-12-10-11(15)5-6-13(12)20-2/h5-6,10,18H,3-4,7-9,15H2,1-2H3,(H,16,19). The number of carbonyl (C=O) groups is 1. The van der Waals surface area contributed by atoms with Crippen LogP contribution in [0.3, 0.4) is 0 Å². The average molecular weight is 281 g/mol. The molecule has 0 heterocycles. The Bertz CT molecular complexity index is 438. The fourth-order valence-corrected chi connectivity index (χ4v) is 1.83. The molecule has 0 radical (unpaired) electrons. The number of methoxy groups -OCH3 is 1. The quantitative estimate of drug-likeness (QED) is 0.617. The monoisotopic (exact) mass is 281 g/mol. The predicted octanol–water partition coefficient (Wildman–Crippen LogP) is 0.920. The van der Waals surface area contributed by atoms with Crippen LogP contribution in [0, 0.1) is 0 Å². The Morgan fingerprint density at radius 1 is 1.45 bits per heavy atom. The molecule has 0 aliphatic heterocycles. The van der Waals surface area contributed by atoms with E-state index in [-0.39, 0.29) is 12.5 Å². The van der Waals surface area contributed by atoms with Gasteiger partial charge in [0.2, 0.25) is 5.91 Å². The molecule has 0 fully saturated rings. The molecule has 1 aromatic rings. The average Bonchev–Trinajstić information content (AvgIpc) is 2.39. The number of anilines is 2. The van der Waals surface area contributed by atoms with E-state index in [0.717, 1.165) is 13.0 Å². The first-order valence-electron chi connectivity index (χ1n) is 6.59. The summed E-state index contributed by atoms with van der Waals surface area (Å²) in [5.41, 5.74) is 6.85. The molecule has 1 aromatic carbocycles. The molecule has 0 unspecified atom stereocenters. The number of nitrogens with two attached hydrogens (primary N) is 1. The third-order valence-electron chi connectivity index (χ3n) is 2.92. The molecule has 4 N–H and O–H groups in total. The van der Waals surface area contributed by atoms with Crippen LogP contribution in [0.25, 0.3) is 0 Å². The van der Waals surface area contributed by atoms with Gasteiger partial charge in [-0.05, 0) is 38.2 Å². The van der Waals surface area contributed by atoms with Crippen LogP contribution in [0.15, 0.2) is 18.2 Å². The minimum Gasteiger partial charge on any atom is -0.495 e. The van der Waals surface area contributed by atoms with Crippen LogP contribution in [-0.2, 0) is 4.79 Å². The van der Waals surface area contributed by atoms with Crippen LogP contribution < -0.4 is 15.8 Å². The van der Waals surface area contributed by atoms with Gasteiger partial charge in [-0.1, -0.05) is 0 Å². The van der Waals surface area contributed by atoms with E-state index in [9.17, 15) is 4.79 Å². The summed E-state index contributed by atoms with van der Waals surface area (Å²) in [6, 6.07) is 5.12. The van der Waals surface area contributed by atoms with E-state index >= 15 is 0 Å². The molecule has 0 aromatic heterocycles. The van der Waals surface area contributed by atoms with Crippen molar-refractivity contribution >= 4 is 17.3 Å². The van der Waals surface area contributed by atoms with Crippen LogP contribution in [0.2, 0.25) is 0 Å². The minimum atomic E-state index is -0.0775. The number of nitrogens with zero attached hydrogens (tertiary/aromatic N) is 1. The van der Waals surface area contributed by atoms with Gasteiger partial charge in [-0.15, -0.1) is 0 Å². The summed E-state index contributed by atoms with van der Waals surface area (Å²) >= 11 is 0. The molecule has 0 aliphatic rings. The molecule has 6 nitrogen and oxygen atoms in total. The van der Waals surface area contributed by atoms with Crippen LogP contribution >= 0.6 is 0 Å². The number of aliphatic hydroxyl groups excluding tert-OH is 1. The van der Waals surface area contributed by atoms with Gasteiger partial charge in [0.15, 0.2) is 0 Å². The second-order valence-corrected chi connectivity index (χ2v) is 4.64. The Hall–Kier alpha value is -1.79. The van der Waals surface area contributed by atoms with Crippen molar-refractivity contribution in [3.63, 3.8) is 0 Å². The van der Waals surface area contributed by atoms with E-state index in [4.69, 9.17) is 15.6 Å². The van der Waals surface area contributed by atoms with Crippen LogP contribution in [0.4, 0.5) is 11.4 Å². The number of nitrogen functional groups attached to an aromatic ring is 1. The van der Waals surface area contributed by atoms with Gasteiger partial charge in [0.05, 0.1) is 19.4 Å². The molecule has 0 aliphatic carbocycles. The van der Waals surface area contributed by atoms with Gasteiger partial charge in [0, 0.05) is 18.7 Å². The zero-order valence-electron chi connectivity index (χ0n) is 12.1. The highest BCUT2D eigenvalue weighted by molar-refractivity contribution is 5.92. The number of amides is 1. The number of hydrogen-bond donors (Lipinski definition) is 3. The fourth-order valence-electron chi connectivity index (χ4n) is 1.83. The molecule has 0 spiro atoms. The van der Waals surface area contributed by atoms with Gasteiger partial charge in [-0.25, -0.2) is 0 Å². The Morgan fingerprint density at radius 3 is 2.85 bits per heavy atom. The molecule has 6 heteroatoms. The number of hydrogen-bond acceptors (Lipinski definition) is 5. The van der Waals surface area contributed by atoms with Crippen molar-refractivity contribution in [1.82, 2.24) is 4.90 Å². The van der Waals surface area contributed by atoms with Gasteiger partial charge in [0.25, 0.3) is 0 Å². The van der Waals surface area contributed by atoms with Crippen molar-refractivity contribution in [2.75, 3.05) is 44.9 Å². The maximum Gasteiger partial charge on any atom is 0.224 e. The molecule has 0 saturated carbocycles.